The number of nitrogens with zero attached hydrogens (tertiary/aromatic N) is 2. The smallest absolute Gasteiger partial charge is 0.451 e. The van der Waals surface area contributed by atoms with E-state index >= 15 is 0 Å². The molecule has 0 aromatic carbocycles. The Morgan fingerprint density at radius 1 is 1.58 bits per heavy atom. The number of rotatable bonds is 8. The van der Waals surface area contributed by atoms with Gasteiger partial charge in [0.1, 0.15) is 5.54 Å². The van der Waals surface area contributed by atoms with Crippen LogP contribution in [-0.4, -0.2) is 64.6 Å². The van der Waals surface area contributed by atoms with E-state index in [1.165, 1.54) is 6.20 Å². The Labute approximate surface area is 143 Å². The normalized spacial score (nSPS) is 24.9. The molecule has 0 aliphatic carbocycles. The van der Waals surface area contributed by atoms with Crippen LogP contribution in [0.4, 0.5) is 5.13 Å². The lowest BCUT2D eigenvalue weighted by molar-refractivity contribution is -0.144. The fraction of sp³-hybridized carbons (Fsp3) is 0.636. The molecule has 1 aromatic heterocycles. The van der Waals surface area contributed by atoms with Gasteiger partial charge in [-0.25, -0.2) is 9.71 Å². The zero-order chi connectivity index (χ0) is 18.0. The van der Waals surface area contributed by atoms with Crippen molar-refractivity contribution in [2.75, 3.05) is 17.8 Å². The van der Waals surface area contributed by atoms with E-state index in [2.05, 4.69) is 9.71 Å². The molecule has 134 valence electrons. The predicted octanol–water partition coefficient (Wildman–Crippen LogP) is -1.23. The molecule has 0 radical (unpaired) electrons. The average Bonchev–Trinajstić information content (AvgIpc) is 3.07. The molecular weight excluding hydrogens is 359 g/mol. The molecular formula is C11H19BN4O6S2. The van der Waals surface area contributed by atoms with Gasteiger partial charge in [-0.2, -0.15) is 12.7 Å². The molecule has 13 heteroatoms. The number of carbonyl (C=O) groups is 1. The van der Waals surface area contributed by atoms with Gasteiger partial charge in [-0.05, 0) is 12.7 Å². The van der Waals surface area contributed by atoms with Crippen molar-refractivity contribution < 1.29 is 28.4 Å². The fourth-order valence-corrected chi connectivity index (χ4v) is 4.71. The van der Waals surface area contributed by atoms with Crippen molar-refractivity contribution in [3.8, 4) is 0 Å². The van der Waals surface area contributed by atoms with E-state index < -0.39 is 34.8 Å². The second-order valence-electron chi connectivity index (χ2n) is 5.69. The Morgan fingerprint density at radius 2 is 2.29 bits per heavy atom. The first-order valence-electron chi connectivity index (χ1n) is 7.21. The topological polar surface area (TPSA) is 166 Å². The Balaban J connectivity index is 2.11. The molecule has 1 aromatic rings. The lowest BCUT2D eigenvalue weighted by Crippen LogP contribution is -2.55. The highest BCUT2D eigenvalue weighted by Crippen LogP contribution is 2.32. The third-order valence-electron chi connectivity index (χ3n) is 3.99. The van der Waals surface area contributed by atoms with Gasteiger partial charge < -0.3 is 20.9 Å². The largest absolute Gasteiger partial charge is 0.480 e. The summed E-state index contributed by atoms with van der Waals surface area (Å²) >= 11 is 1.10. The Hall–Kier alpha value is -1.25. The summed E-state index contributed by atoms with van der Waals surface area (Å²) in [6.45, 7) is -0.430. The highest BCUT2D eigenvalue weighted by Gasteiger charge is 2.52. The summed E-state index contributed by atoms with van der Waals surface area (Å²) in [7, 11) is -5.46. The van der Waals surface area contributed by atoms with Crippen LogP contribution in [-0.2, 0) is 15.0 Å². The molecule has 2 rings (SSSR count). The van der Waals surface area contributed by atoms with Gasteiger partial charge in [0.2, 0.25) is 0 Å². The van der Waals surface area contributed by atoms with E-state index in [-0.39, 0.29) is 31.0 Å². The van der Waals surface area contributed by atoms with E-state index in [1.807, 2.05) is 0 Å². The van der Waals surface area contributed by atoms with Crippen molar-refractivity contribution in [2.45, 2.75) is 24.7 Å². The van der Waals surface area contributed by atoms with Gasteiger partial charge in [0, 0.05) is 30.6 Å². The van der Waals surface area contributed by atoms with Crippen LogP contribution < -0.4 is 10.5 Å². The average molecular weight is 378 g/mol. The van der Waals surface area contributed by atoms with Crippen molar-refractivity contribution in [3.63, 3.8) is 0 Å². The SMILES string of the molecule is N[C@@]1(C(=O)O)CN(S(=O)(=O)Nc2nccs2)C[C@@H]1CCCB(O)O. The number of aromatic nitrogens is 1. The highest BCUT2D eigenvalue weighted by atomic mass is 32.2. The summed E-state index contributed by atoms with van der Waals surface area (Å²) in [5, 5.41) is 29.0. The van der Waals surface area contributed by atoms with Crippen molar-refractivity contribution >= 4 is 39.8 Å². The van der Waals surface area contributed by atoms with Crippen LogP contribution >= 0.6 is 11.3 Å². The summed E-state index contributed by atoms with van der Waals surface area (Å²) in [6.07, 6.45) is 2.10. The van der Waals surface area contributed by atoms with Crippen molar-refractivity contribution in [1.82, 2.24) is 9.29 Å². The molecule has 0 saturated carbocycles. The van der Waals surface area contributed by atoms with Gasteiger partial charge in [0.25, 0.3) is 0 Å². The van der Waals surface area contributed by atoms with Crippen molar-refractivity contribution in [2.24, 2.45) is 11.7 Å². The van der Waals surface area contributed by atoms with Crippen LogP contribution in [0.5, 0.6) is 0 Å². The van der Waals surface area contributed by atoms with E-state index in [0.717, 1.165) is 15.6 Å². The third-order valence-corrected chi connectivity index (χ3v) is 6.22. The fourth-order valence-electron chi connectivity index (χ4n) is 2.66. The zero-order valence-corrected chi connectivity index (χ0v) is 14.3. The summed E-state index contributed by atoms with van der Waals surface area (Å²) in [5.74, 6) is -1.93. The lowest BCUT2D eigenvalue weighted by Gasteiger charge is -2.25. The number of nitrogens with one attached hydrogen (secondary N) is 1. The summed E-state index contributed by atoms with van der Waals surface area (Å²) < 4.78 is 28.1. The van der Waals surface area contributed by atoms with E-state index in [9.17, 15) is 18.3 Å². The molecule has 24 heavy (non-hydrogen) atoms. The second-order valence-corrected chi connectivity index (χ2v) is 8.26. The van der Waals surface area contributed by atoms with Crippen molar-refractivity contribution in [1.29, 1.82) is 0 Å². The quantitative estimate of drug-likeness (QED) is 0.351. The minimum atomic E-state index is -3.97. The van der Waals surface area contributed by atoms with Gasteiger partial charge in [-0.1, -0.05) is 6.42 Å². The van der Waals surface area contributed by atoms with Gasteiger partial charge in [-0.3, -0.25) is 4.79 Å². The Morgan fingerprint density at radius 3 is 2.83 bits per heavy atom. The molecule has 1 aliphatic rings. The van der Waals surface area contributed by atoms with E-state index in [1.54, 1.807) is 5.38 Å². The van der Waals surface area contributed by atoms with Crippen LogP contribution in [0.15, 0.2) is 11.6 Å². The minimum Gasteiger partial charge on any atom is -0.480 e. The maximum atomic E-state index is 12.4. The third kappa shape index (κ3) is 4.23. The van der Waals surface area contributed by atoms with Gasteiger partial charge in [0.15, 0.2) is 5.13 Å². The zero-order valence-electron chi connectivity index (χ0n) is 12.7. The maximum Gasteiger partial charge on any atom is 0.451 e. The monoisotopic (exact) mass is 378 g/mol. The van der Waals surface area contributed by atoms with Crippen LogP contribution in [0, 0.1) is 5.92 Å². The first kappa shape index (κ1) is 19.1. The summed E-state index contributed by atoms with van der Waals surface area (Å²) in [4.78, 5) is 15.4. The van der Waals surface area contributed by atoms with Crippen LogP contribution in [0.1, 0.15) is 12.8 Å². The van der Waals surface area contributed by atoms with E-state index in [4.69, 9.17) is 15.8 Å². The van der Waals surface area contributed by atoms with Crippen LogP contribution in [0.3, 0.4) is 0 Å². The summed E-state index contributed by atoms with van der Waals surface area (Å²) in [6, 6.07) is 0. The minimum absolute atomic E-state index is 0.0645. The molecule has 1 aliphatic heterocycles. The molecule has 10 nitrogen and oxygen atoms in total. The molecule has 2 heterocycles. The van der Waals surface area contributed by atoms with Gasteiger partial charge in [0.05, 0.1) is 0 Å². The first-order chi connectivity index (χ1) is 11.1. The van der Waals surface area contributed by atoms with E-state index in [0.29, 0.717) is 6.42 Å². The molecule has 6 N–H and O–H groups in total. The molecule has 0 unspecified atom stereocenters. The summed E-state index contributed by atoms with van der Waals surface area (Å²) in [5.41, 5.74) is 4.23. The van der Waals surface area contributed by atoms with Crippen LogP contribution in [0.25, 0.3) is 0 Å². The number of thiazole rings is 1. The highest BCUT2D eigenvalue weighted by molar-refractivity contribution is 7.90. The van der Waals surface area contributed by atoms with Crippen LogP contribution in [0.2, 0.25) is 6.32 Å². The number of carboxylic acids is 1. The van der Waals surface area contributed by atoms with Gasteiger partial charge in [-0.15, -0.1) is 11.3 Å². The number of nitrogens with two attached hydrogens (primary N) is 1. The maximum absolute atomic E-state index is 12.4. The number of hydrogen-bond donors (Lipinski definition) is 5. The standard InChI is InChI=1S/C11H19BN4O6S2/c13-11(9(17)18)7-16(6-8(11)2-1-3-12(19)20)24(21,22)15-10-14-4-5-23-10/h4-5,8,19-20H,1-3,6-7,13H2,(H,14,15)(H,17,18)/t8-,11-/m0/s1. The Kier molecular flexibility index (Phi) is 5.83. The number of anilines is 1. The molecule has 0 spiro atoms. The number of hydrogen-bond acceptors (Lipinski definition) is 8. The van der Waals surface area contributed by atoms with Gasteiger partial charge >= 0.3 is 23.3 Å². The number of aliphatic carboxylic acids is 1. The molecule has 0 bridgehead atoms. The molecule has 0 amide bonds. The second kappa shape index (κ2) is 7.33. The molecule has 1 fully saturated rings. The molecule has 1 saturated heterocycles. The molecule has 2 atom stereocenters. The first-order valence-corrected chi connectivity index (χ1v) is 9.53. The predicted molar refractivity (Wildman–Crippen MR) is 88.5 cm³/mol. The Bertz CT molecular complexity index is 670. The lowest BCUT2D eigenvalue weighted by atomic mass is 9.78. The number of carboxylic acid groups (broad SMARTS) is 1. The van der Waals surface area contributed by atoms with Crippen molar-refractivity contribution in [3.05, 3.63) is 11.6 Å².